The lowest BCUT2D eigenvalue weighted by Crippen LogP contribution is -2.18. The standard InChI is InChI=1S/C18H17N3O4/c1-19-17(22)14-5-3-4-6-15(14)24-11-16-20-18(25-21-16)12-7-9-13(23-2)10-8-12/h3-10H,11H2,1-2H3,(H,19,22). The van der Waals surface area contributed by atoms with Gasteiger partial charge < -0.3 is 19.3 Å². The van der Waals surface area contributed by atoms with Crippen molar-refractivity contribution in [3.63, 3.8) is 0 Å². The molecule has 7 heteroatoms. The summed E-state index contributed by atoms with van der Waals surface area (Å²) in [4.78, 5) is 16.1. The molecule has 0 saturated carbocycles. The van der Waals surface area contributed by atoms with E-state index in [-0.39, 0.29) is 12.5 Å². The monoisotopic (exact) mass is 339 g/mol. The Hall–Kier alpha value is -3.35. The SMILES string of the molecule is CNC(=O)c1ccccc1OCc1noc(-c2ccc(OC)cc2)n1. The van der Waals surface area contributed by atoms with Gasteiger partial charge in [0.2, 0.25) is 5.82 Å². The molecule has 0 spiro atoms. The third kappa shape index (κ3) is 3.77. The molecular weight excluding hydrogens is 322 g/mol. The van der Waals surface area contributed by atoms with Crippen molar-refractivity contribution in [2.45, 2.75) is 6.61 Å². The van der Waals surface area contributed by atoms with E-state index >= 15 is 0 Å². The van der Waals surface area contributed by atoms with Crippen molar-refractivity contribution in [1.29, 1.82) is 0 Å². The van der Waals surface area contributed by atoms with E-state index in [4.69, 9.17) is 14.0 Å². The van der Waals surface area contributed by atoms with Crippen molar-refractivity contribution in [3.8, 4) is 23.0 Å². The fourth-order valence-corrected chi connectivity index (χ4v) is 2.22. The smallest absolute Gasteiger partial charge is 0.258 e. The van der Waals surface area contributed by atoms with Gasteiger partial charge in [-0.05, 0) is 36.4 Å². The number of nitrogens with zero attached hydrogens (tertiary/aromatic N) is 2. The molecule has 0 bridgehead atoms. The third-order valence-corrected chi connectivity index (χ3v) is 3.52. The lowest BCUT2D eigenvalue weighted by molar-refractivity contribution is 0.0958. The number of rotatable bonds is 6. The predicted molar refractivity (Wildman–Crippen MR) is 90.5 cm³/mol. The van der Waals surface area contributed by atoms with Crippen LogP contribution in [0, 0.1) is 0 Å². The van der Waals surface area contributed by atoms with Crippen LogP contribution in [-0.4, -0.2) is 30.2 Å². The second-order valence-electron chi connectivity index (χ2n) is 5.11. The van der Waals surface area contributed by atoms with Gasteiger partial charge in [0.25, 0.3) is 11.8 Å². The Labute approximate surface area is 144 Å². The van der Waals surface area contributed by atoms with E-state index in [2.05, 4.69) is 15.5 Å². The van der Waals surface area contributed by atoms with Gasteiger partial charge in [-0.3, -0.25) is 4.79 Å². The Balaban J connectivity index is 1.71. The largest absolute Gasteiger partial charge is 0.497 e. The minimum atomic E-state index is -0.220. The summed E-state index contributed by atoms with van der Waals surface area (Å²) < 4.78 is 16.0. The summed E-state index contributed by atoms with van der Waals surface area (Å²) in [7, 11) is 3.17. The zero-order chi connectivity index (χ0) is 17.6. The topological polar surface area (TPSA) is 86.5 Å². The number of aromatic nitrogens is 2. The Kier molecular flexibility index (Phi) is 4.94. The summed E-state index contributed by atoms with van der Waals surface area (Å²) >= 11 is 0. The Morgan fingerprint density at radius 1 is 1.16 bits per heavy atom. The van der Waals surface area contributed by atoms with Crippen molar-refractivity contribution >= 4 is 5.91 Å². The second kappa shape index (κ2) is 7.48. The van der Waals surface area contributed by atoms with Gasteiger partial charge in [-0.2, -0.15) is 4.98 Å². The highest BCUT2D eigenvalue weighted by molar-refractivity contribution is 5.96. The molecule has 3 rings (SSSR count). The number of benzene rings is 2. The van der Waals surface area contributed by atoms with Crippen LogP contribution in [0.2, 0.25) is 0 Å². The fraction of sp³-hybridized carbons (Fsp3) is 0.167. The molecule has 0 radical (unpaired) electrons. The second-order valence-corrected chi connectivity index (χ2v) is 5.11. The molecule has 1 aromatic heterocycles. The molecule has 1 N–H and O–H groups in total. The van der Waals surface area contributed by atoms with Crippen LogP contribution in [0.4, 0.5) is 0 Å². The van der Waals surface area contributed by atoms with Crippen LogP contribution in [0.3, 0.4) is 0 Å². The van der Waals surface area contributed by atoms with Crippen LogP contribution >= 0.6 is 0 Å². The van der Waals surface area contributed by atoms with E-state index in [0.717, 1.165) is 11.3 Å². The average Bonchev–Trinajstić information content (AvgIpc) is 3.15. The number of hydrogen-bond donors (Lipinski definition) is 1. The quantitative estimate of drug-likeness (QED) is 0.743. The fourth-order valence-electron chi connectivity index (χ4n) is 2.22. The molecule has 3 aromatic rings. The molecule has 0 aliphatic carbocycles. The molecule has 0 unspecified atom stereocenters. The van der Waals surface area contributed by atoms with Gasteiger partial charge >= 0.3 is 0 Å². The number of carbonyl (C=O) groups excluding carboxylic acids is 1. The molecule has 0 aliphatic rings. The van der Waals surface area contributed by atoms with Gasteiger partial charge in [0.15, 0.2) is 6.61 Å². The van der Waals surface area contributed by atoms with E-state index < -0.39 is 0 Å². The van der Waals surface area contributed by atoms with Crippen molar-refractivity contribution < 1.29 is 18.8 Å². The molecule has 0 atom stereocenters. The number of hydrogen-bond acceptors (Lipinski definition) is 6. The number of para-hydroxylation sites is 1. The molecule has 1 amide bonds. The summed E-state index contributed by atoms with van der Waals surface area (Å²) in [5.41, 5.74) is 1.23. The molecular formula is C18H17N3O4. The van der Waals surface area contributed by atoms with Crippen LogP contribution in [0.1, 0.15) is 16.2 Å². The molecule has 0 fully saturated rings. The van der Waals surface area contributed by atoms with Crippen LogP contribution in [0.15, 0.2) is 53.1 Å². The van der Waals surface area contributed by atoms with Gasteiger partial charge in [-0.25, -0.2) is 0 Å². The summed E-state index contributed by atoms with van der Waals surface area (Å²) in [5.74, 6) is 1.76. The summed E-state index contributed by atoms with van der Waals surface area (Å²) in [5, 5.41) is 6.48. The summed E-state index contributed by atoms with van der Waals surface area (Å²) in [6.07, 6.45) is 0. The Morgan fingerprint density at radius 3 is 2.64 bits per heavy atom. The number of nitrogens with one attached hydrogen (secondary N) is 1. The van der Waals surface area contributed by atoms with E-state index in [9.17, 15) is 4.79 Å². The number of carbonyl (C=O) groups is 1. The van der Waals surface area contributed by atoms with Crippen LogP contribution in [0.5, 0.6) is 11.5 Å². The van der Waals surface area contributed by atoms with Gasteiger partial charge in [0.1, 0.15) is 11.5 Å². The van der Waals surface area contributed by atoms with Gasteiger partial charge in [0, 0.05) is 12.6 Å². The molecule has 2 aromatic carbocycles. The Morgan fingerprint density at radius 2 is 1.92 bits per heavy atom. The molecule has 0 saturated heterocycles. The average molecular weight is 339 g/mol. The highest BCUT2D eigenvalue weighted by atomic mass is 16.5. The molecule has 1 heterocycles. The maximum Gasteiger partial charge on any atom is 0.258 e. The first-order valence-corrected chi connectivity index (χ1v) is 7.62. The maximum absolute atomic E-state index is 11.8. The highest BCUT2D eigenvalue weighted by Crippen LogP contribution is 2.22. The number of ether oxygens (including phenoxy) is 2. The molecule has 128 valence electrons. The summed E-state index contributed by atoms with van der Waals surface area (Å²) in [6, 6.07) is 14.3. The van der Waals surface area contributed by atoms with Crippen molar-refractivity contribution in [1.82, 2.24) is 15.5 Å². The predicted octanol–water partition coefficient (Wildman–Crippen LogP) is 2.68. The van der Waals surface area contributed by atoms with Crippen molar-refractivity contribution in [2.75, 3.05) is 14.2 Å². The Bertz CT molecular complexity index is 859. The highest BCUT2D eigenvalue weighted by Gasteiger charge is 2.13. The lowest BCUT2D eigenvalue weighted by Gasteiger charge is -2.08. The molecule has 7 nitrogen and oxygen atoms in total. The zero-order valence-corrected chi connectivity index (χ0v) is 13.9. The maximum atomic E-state index is 11.8. The first-order valence-electron chi connectivity index (χ1n) is 7.62. The van der Waals surface area contributed by atoms with Gasteiger partial charge in [-0.15, -0.1) is 0 Å². The van der Waals surface area contributed by atoms with Crippen molar-refractivity contribution in [2.24, 2.45) is 0 Å². The lowest BCUT2D eigenvalue weighted by atomic mass is 10.2. The van der Waals surface area contributed by atoms with E-state index in [0.29, 0.717) is 23.0 Å². The molecule has 25 heavy (non-hydrogen) atoms. The zero-order valence-electron chi connectivity index (χ0n) is 13.9. The van der Waals surface area contributed by atoms with E-state index in [1.54, 1.807) is 38.4 Å². The number of amides is 1. The van der Waals surface area contributed by atoms with Gasteiger partial charge in [-0.1, -0.05) is 17.3 Å². The van der Waals surface area contributed by atoms with E-state index in [1.165, 1.54) is 0 Å². The van der Waals surface area contributed by atoms with Crippen LogP contribution in [-0.2, 0) is 6.61 Å². The van der Waals surface area contributed by atoms with Crippen LogP contribution < -0.4 is 14.8 Å². The summed E-state index contributed by atoms with van der Waals surface area (Å²) in [6.45, 7) is 0.0909. The first-order chi connectivity index (χ1) is 12.2. The number of methoxy groups -OCH3 is 1. The van der Waals surface area contributed by atoms with Crippen molar-refractivity contribution in [3.05, 3.63) is 59.9 Å². The van der Waals surface area contributed by atoms with Gasteiger partial charge in [0.05, 0.1) is 12.7 Å². The third-order valence-electron chi connectivity index (χ3n) is 3.52. The normalized spacial score (nSPS) is 10.3. The van der Waals surface area contributed by atoms with E-state index in [1.807, 2.05) is 24.3 Å². The van der Waals surface area contributed by atoms with Crippen LogP contribution in [0.25, 0.3) is 11.5 Å². The minimum absolute atomic E-state index is 0.0909. The minimum Gasteiger partial charge on any atom is -0.497 e. The molecule has 0 aliphatic heterocycles. The first kappa shape index (κ1) is 16.5.